The van der Waals surface area contributed by atoms with E-state index < -0.39 is 10.8 Å². The summed E-state index contributed by atoms with van der Waals surface area (Å²) in [6, 6.07) is 1.98. The third-order valence-electron chi connectivity index (χ3n) is 1.47. The van der Waals surface area contributed by atoms with Crippen molar-refractivity contribution >= 4 is 22.1 Å². The first-order valence-electron chi connectivity index (χ1n) is 4.02. The lowest BCUT2D eigenvalue weighted by atomic mass is 10.4. The topological polar surface area (TPSA) is 53.8 Å². The minimum Gasteiger partial charge on any atom is -0.252 e. The van der Waals surface area contributed by atoms with Gasteiger partial charge in [-0.25, -0.2) is 4.98 Å². The fourth-order valence-electron chi connectivity index (χ4n) is 0.778. The Labute approximate surface area is 83.9 Å². The predicted molar refractivity (Wildman–Crippen MR) is 53.0 cm³/mol. The molecular formula is C8H10N2OS2. The molecule has 1 heterocycles. The Bertz CT molecular complexity index is 340. The van der Waals surface area contributed by atoms with Gasteiger partial charge in [-0.2, -0.15) is 5.26 Å². The van der Waals surface area contributed by atoms with Gasteiger partial charge in [0.1, 0.15) is 10.9 Å². The van der Waals surface area contributed by atoms with E-state index in [2.05, 4.69) is 11.9 Å². The van der Waals surface area contributed by atoms with Crippen LogP contribution in [0.4, 0.5) is 0 Å². The van der Waals surface area contributed by atoms with Gasteiger partial charge in [0, 0.05) is 5.75 Å². The van der Waals surface area contributed by atoms with E-state index in [0.29, 0.717) is 15.0 Å². The Kier molecular flexibility index (Phi) is 4.06. The van der Waals surface area contributed by atoms with E-state index in [1.54, 1.807) is 0 Å². The first-order chi connectivity index (χ1) is 6.27. The van der Waals surface area contributed by atoms with Gasteiger partial charge < -0.3 is 0 Å². The van der Waals surface area contributed by atoms with E-state index in [9.17, 15) is 4.21 Å². The van der Waals surface area contributed by atoms with Crippen LogP contribution >= 0.6 is 11.3 Å². The second-order valence-electron chi connectivity index (χ2n) is 2.51. The number of thiazole rings is 1. The van der Waals surface area contributed by atoms with Crippen molar-refractivity contribution in [2.24, 2.45) is 0 Å². The van der Waals surface area contributed by atoms with Gasteiger partial charge in [0.25, 0.3) is 0 Å². The number of hydrogen-bond donors (Lipinski definition) is 0. The summed E-state index contributed by atoms with van der Waals surface area (Å²) in [4.78, 5) is 4.46. The molecule has 1 rings (SSSR count). The standard InChI is InChI=1S/C8H10N2OS2/c1-2-3-4-13(11)8-10-6-7(5-9)12-8/h6H,2-4H2,1H3. The van der Waals surface area contributed by atoms with Gasteiger partial charge in [-0.3, -0.25) is 4.21 Å². The second kappa shape index (κ2) is 5.10. The van der Waals surface area contributed by atoms with Crippen LogP contribution in [-0.4, -0.2) is 14.9 Å². The van der Waals surface area contributed by atoms with E-state index in [1.807, 2.05) is 6.07 Å². The molecule has 1 aromatic heterocycles. The molecule has 0 fully saturated rings. The molecule has 0 saturated heterocycles. The molecule has 0 amide bonds. The van der Waals surface area contributed by atoms with E-state index in [0.717, 1.165) is 12.8 Å². The molecule has 0 aliphatic heterocycles. The Hall–Kier alpha value is -0.730. The lowest BCUT2D eigenvalue weighted by Crippen LogP contribution is -1.96. The lowest BCUT2D eigenvalue weighted by Gasteiger charge is -1.94. The van der Waals surface area contributed by atoms with Gasteiger partial charge >= 0.3 is 0 Å². The fraction of sp³-hybridized carbons (Fsp3) is 0.500. The van der Waals surface area contributed by atoms with Crippen LogP contribution in [0.5, 0.6) is 0 Å². The van der Waals surface area contributed by atoms with Gasteiger partial charge in [0.05, 0.1) is 17.0 Å². The fourth-order valence-corrected chi connectivity index (χ4v) is 3.01. The van der Waals surface area contributed by atoms with Crippen LogP contribution in [-0.2, 0) is 10.8 Å². The van der Waals surface area contributed by atoms with Crippen molar-refractivity contribution in [3.05, 3.63) is 11.1 Å². The van der Waals surface area contributed by atoms with Crippen molar-refractivity contribution in [2.75, 3.05) is 5.75 Å². The van der Waals surface area contributed by atoms with Crippen molar-refractivity contribution in [2.45, 2.75) is 24.1 Å². The van der Waals surface area contributed by atoms with Crippen LogP contribution in [0.1, 0.15) is 24.6 Å². The molecule has 0 spiro atoms. The van der Waals surface area contributed by atoms with E-state index in [1.165, 1.54) is 17.5 Å². The molecule has 0 aliphatic carbocycles. The number of rotatable bonds is 4. The quantitative estimate of drug-likeness (QED) is 0.769. The normalized spacial score (nSPS) is 12.3. The van der Waals surface area contributed by atoms with Gasteiger partial charge in [0.15, 0.2) is 4.34 Å². The number of nitriles is 1. The molecule has 0 radical (unpaired) electrons. The maximum absolute atomic E-state index is 11.5. The van der Waals surface area contributed by atoms with E-state index in [-0.39, 0.29) is 0 Å². The summed E-state index contributed by atoms with van der Waals surface area (Å²) in [7, 11) is -1.01. The average Bonchev–Trinajstić information content (AvgIpc) is 2.62. The zero-order chi connectivity index (χ0) is 9.68. The molecule has 0 aromatic carbocycles. The predicted octanol–water partition coefficient (Wildman–Crippen LogP) is 1.92. The third-order valence-corrected chi connectivity index (χ3v) is 4.13. The summed E-state index contributed by atoms with van der Waals surface area (Å²) < 4.78 is 12.1. The van der Waals surface area contributed by atoms with Gasteiger partial charge in [-0.05, 0) is 6.42 Å². The first-order valence-corrected chi connectivity index (χ1v) is 6.15. The highest BCUT2D eigenvalue weighted by Crippen LogP contribution is 2.16. The van der Waals surface area contributed by atoms with Crippen molar-refractivity contribution < 1.29 is 4.21 Å². The molecule has 3 nitrogen and oxygen atoms in total. The van der Waals surface area contributed by atoms with Crippen LogP contribution in [0.3, 0.4) is 0 Å². The summed E-state index contributed by atoms with van der Waals surface area (Å²) in [5, 5.41) is 8.53. The summed E-state index contributed by atoms with van der Waals surface area (Å²) in [5.74, 6) is 0.648. The summed E-state index contributed by atoms with van der Waals surface area (Å²) >= 11 is 1.22. The molecule has 0 aliphatic rings. The molecule has 0 saturated carbocycles. The highest BCUT2D eigenvalue weighted by Gasteiger charge is 2.08. The zero-order valence-corrected chi connectivity index (χ0v) is 8.95. The molecular weight excluding hydrogens is 204 g/mol. The van der Waals surface area contributed by atoms with Crippen molar-refractivity contribution in [1.82, 2.24) is 4.98 Å². The van der Waals surface area contributed by atoms with Crippen LogP contribution in [0.15, 0.2) is 10.5 Å². The number of unbranched alkanes of at least 4 members (excludes halogenated alkanes) is 1. The minimum atomic E-state index is -1.01. The van der Waals surface area contributed by atoms with Crippen LogP contribution in [0.25, 0.3) is 0 Å². The SMILES string of the molecule is CCCCS(=O)c1ncc(C#N)s1. The monoisotopic (exact) mass is 214 g/mol. The molecule has 1 unspecified atom stereocenters. The van der Waals surface area contributed by atoms with Crippen molar-refractivity contribution in [3.63, 3.8) is 0 Å². The molecule has 13 heavy (non-hydrogen) atoms. The van der Waals surface area contributed by atoms with Gasteiger partial charge in [-0.15, -0.1) is 0 Å². The second-order valence-corrected chi connectivity index (χ2v) is 5.28. The highest BCUT2D eigenvalue weighted by molar-refractivity contribution is 7.87. The Balaban J connectivity index is 2.62. The maximum atomic E-state index is 11.5. The number of aromatic nitrogens is 1. The summed E-state index contributed by atoms with van der Waals surface area (Å²) in [6.45, 7) is 2.06. The molecule has 0 bridgehead atoms. The highest BCUT2D eigenvalue weighted by atomic mass is 32.2. The van der Waals surface area contributed by atoms with Crippen molar-refractivity contribution in [3.8, 4) is 6.07 Å². The molecule has 1 aromatic rings. The largest absolute Gasteiger partial charge is 0.252 e. The van der Waals surface area contributed by atoms with E-state index in [4.69, 9.17) is 5.26 Å². The smallest absolute Gasteiger partial charge is 0.181 e. The Morgan fingerprint density at radius 3 is 3.08 bits per heavy atom. The van der Waals surface area contributed by atoms with Gasteiger partial charge in [-0.1, -0.05) is 24.7 Å². The lowest BCUT2D eigenvalue weighted by molar-refractivity contribution is 0.679. The van der Waals surface area contributed by atoms with Gasteiger partial charge in [0.2, 0.25) is 0 Å². The minimum absolute atomic E-state index is 0.528. The van der Waals surface area contributed by atoms with Crippen LogP contribution < -0.4 is 0 Å². The number of nitrogens with zero attached hydrogens (tertiary/aromatic N) is 2. The number of hydrogen-bond acceptors (Lipinski definition) is 4. The summed E-state index contributed by atoms with van der Waals surface area (Å²) in [6.07, 6.45) is 3.44. The Morgan fingerprint density at radius 2 is 2.54 bits per heavy atom. The molecule has 70 valence electrons. The maximum Gasteiger partial charge on any atom is 0.181 e. The molecule has 0 N–H and O–H groups in total. The average molecular weight is 214 g/mol. The van der Waals surface area contributed by atoms with Crippen molar-refractivity contribution in [1.29, 1.82) is 5.26 Å². The zero-order valence-electron chi connectivity index (χ0n) is 7.32. The third kappa shape index (κ3) is 2.90. The van der Waals surface area contributed by atoms with Crippen LogP contribution in [0, 0.1) is 11.3 Å². The summed E-state index contributed by atoms with van der Waals surface area (Å²) in [5.41, 5.74) is 0. The first kappa shape index (κ1) is 10.4. The van der Waals surface area contributed by atoms with E-state index >= 15 is 0 Å². The molecule has 1 atom stereocenters. The molecule has 5 heteroatoms. The Morgan fingerprint density at radius 1 is 1.77 bits per heavy atom. The van der Waals surface area contributed by atoms with Crippen LogP contribution in [0.2, 0.25) is 0 Å².